The number of fused-ring (bicyclic) bond motifs is 2. The van der Waals surface area contributed by atoms with E-state index in [9.17, 15) is 14.3 Å². The van der Waals surface area contributed by atoms with Gasteiger partial charge in [0.2, 0.25) is 5.95 Å². The van der Waals surface area contributed by atoms with Gasteiger partial charge in [0.25, 0.3) is 5.56 Å². The smallest absolute Gasteiger partial charge is 0.278 e. The van der Waals surface area contributed by atoms with Crippen LogP contribution in [0.15, 0.2) is 47.4 Å². The summed E-state index contributed by atoms with van der Waals surface area (Å²) in [5.74, 6) is -0.171. The Morgan fingerprint density at radius 3 is 2.71 bits per heavy atom. The Morgan fingerprint density at radius 1 is 1.17 bits per heavy atom. The lowest BCUT2D eigenvalue weighted by Gasteiger charge is -2.21. The zero-order chi connectivity index (χ0) is 24.9. The molecule has 0 saturated carbocycles. The molecule has 0 aliphatic carbocycles. The van der Waals surface area contributed by atoms with Crippen molar-refractivity contribution < 1.29 is 9.50 Å². The van der Waals surface area contributed by atoms with Gasteiger partial charge in [-0.1, -0.05) is 6.07 Å². The van der Waals surface area contributed by atoms with Gasteiger partial charge in [-0.2, -0.15) is 4.98 Å². The summed E-state index contributed by atoms with van der Waals surface area (Å²) >= 11 is 0. The number of nitrogens with one attached hydrogen (secondary N) is 2. The molecule has 4 aromatic rings. The quantitative estimate of drug-likeness (QED) is 0.404. The van der Waals surface area contributed by atoms with Crippen LogP contribution >= 0.6 is 0 Å². The SMILES string of the molecule is CC(C)n1c(=O)c2cnc(Nc3ccc4c(c3)CNCC4)nc2n1-c1ccc(F)c(C(C)(C)O)c1. The van der Waals surface area contributed by atoms with Gasteiger partial charge in [0.15, 0.2) is 5.65 Å². The molecule has 8 nitrogen and oxygen atoms in total. The minimum Gasteiger partial charge on any atom is -0.386 e. The van der Waals surface area contributed by atoms with E-state index in [4.69, 9.17) is 0 Å². The lowest BCUT2D eigenvalue weighted by Crippen LogP contribution is -2.25. The topological polar surface area (TPSA) is 97.0 Å². The normalized spacial score (nSPS) is 13.9. The minimum absolute atomic E-state index is 0.134. The summed E-state index contributed by atoms with van der Waals surface area (Å²) in [6, 6.07) is 10.4. The average molecular weight is 477 g/mol. The third-order valence-electron chi connectivity index (χ3n) is 6.31. The zero-order valence-corrected chi connectivity index (χ0v) is 20.3. The molecule has 1 aliphatic heterocycles. The van der Waals surface area contributed by atoms with E-state index in [0.717, 1.165) is 25.2 Å². The Bertz CT molecular complexity index is 1480. The first-order chi connectivity index (χ1) is 16.6. The summed E-state index contributed by atoms with van der Waals surface area (Å²) in [7, 11) is 0. The van der Waals surface area contributed by atoms with E-state index in [-0.39, 0.29) is 17.2 Å². The van der Waals surface area contributed by atoms with Crippen molar-refractivity contribution in [3.8, 4) is 5.69 Å². The van der Waals surface area contributed by atoms with E-state index in [1.807, 2.05) is 19.9 Å². The van der Waals surface area contributed by atoms with Crippen molar-refractivity contribution in [2.24, 2.45) is 0 Å². The molecule has 0 radical (unpaired) electrons. The number of hydrogen-bond donors (Lipinski definition) is 3. The van der Waals surface area contributed by atoms with Gasteiger partial charge in [-0.25, -0.2) is 18.7 Å². The van der Waals surface area contributed by atoms with Crippen molar-refractivity contribution in [2.45, 2.75) is 52.3 Å². The van der Waals surface area contributed by atoms with Crippen molar-refractivity contribution >= 4 is 22.7 Å². The molecule has 9 heteroatoms. The maximum absolute atomic E-state index is 14.5. The largest absolute Gasteiger partial charge is 0.386 e. The van der Waals surface area contributed by atoms with Gasteiger partial charge in [0.05, 0.1) is 11.3 Å². The molecule has 1 aliphatic rings. The summed E-state index contributed by atoms with van der Waals surface area (Å²) in [5, 5.41) is 17.5. The van der Waals surface area contributed by atoms with Crippen LogP contribution in [0.5, 0.6) is 0 Å². The van der Waals surface area contributed by atoms with E-state index in [1.165, 1.54) is 37.2 Å². The first kappa shape index (κ1) is 23.2. The molecule has 35 heavy (non-hydrogen) atoms. The second-order valence-electron chi connectivity index (χ2n) is 9.74. The van der Waals surface area contributed by atoms with Crippen LogP contribution in [0.1, 0.15) is 50.4 Å². The van der Waals surface area contributed by atoms with Crippen molar-refractivity contribution in [3.05, 3.63) is 75.5 Å². The summed E-state index contributed by atoms with van der Waals surface area (Å²) in [4.78, 5) is 22.3. The fourth-order valence-corrected chi connectivity index (χ4v) is 4.57. The van der Waals surface area contributed by atoms with Crippen molar-refractivity contribution in [3.63, 3.8) is 0 Å². The van der Waals surface area contributed by atoms with Gasteiger partial charge in [0.1, 0.15) is 11.2 Å². The third kappa shape index (κ3) is 4.21. The molecule has 0 unspecified atom stereocenters. The molecular weight excluding hydrogens is 447 g/mol. The van der Waals surface area contributed by atoms with Crippen LogP contribution in [0.3, 0.4) is 0 Å². The van der Waals surface area contributed by atoms with Gasteiger partial charge in [-0.05, 0) is 82.1 Å². The van der Waals surface area contributed by atoms with Gasteiger partial charge in [-0.3, -0.25) is 4.79 Å². The molecule has 5 rings (SSSR count). The first-order valence-corrected chi connectivity index (χ1v) is 11.8. The molecule has 3 N–H and O–H groups in total. The van der Waals surface area contributed by atoms with E-state index in [0.29, 0.717) is 22.7 Å². The molecule has 2 aromatic carbocycles. The maximum Gasteiger partial charge on any atom is 0.278 e. The van der Waals surface area contributed by atoms with Crippen LogP contribution in [-0.2, 0) is 18.6 Å². The average Bonchev–Trinajstić information content (AvgIpc) is 3.10. The molecule has 0 atom stereocenters. The van der Waals surface area contributed by atoms with Gasteiger partial charge < -0.3 is 15.7 Å². The molecule has 3 heterocycles. The number of rotatable bonds is 5. The fraction of sp³-hybridized carbons (Fsp3) is 0.346. The van der Waals surface area contributed by atoms with Crippen LogP contribution in [-0.4, -0.2) is 31.0 Å². The predicted octanol–water partition coefficient (Wildman–Crippen LogP) is 3.92. The van der Waals surface area contributed by atoms with E-state index in [1.54, 1.807) is 21.5 Å². The van der Waals surface area contributed by atoms with Crippen molar-refractivity contribution in [1.82, 2.24) is 24.6 Å². The van der Waals surface area contributed by atoms with Crippen LogP contribution in [0.2, 0.25) is 0 Å². The molecule has 2 aromatic heterocycles. The van der Waals surface area contributed by atoms with Crippen molar-refractivity contribution in [2.75, 3.05) is 11.9 Å². The van der Waals surface area contributed by atoms with E-state index >= 15 is 0 Å². The lowest BCUT2D eigenvalue weighted by molar-refractivity contribution is 0.0745. The Labute approximate surface area is 202 Å². The first-order valence-electron chi connectivity index (χ1n) is 11.8. The highest BCUT2D eigenvalue weighted by Crippen LogP contribution is 2.28. The second kappa shape index (κ2) is 8.58. The van der Waals surface area contributed by atoms with Crippen LogP contribution in [0.4, 0.5) is 16.0 Å². The number of anilines is 2. The highest BCUT2D eigenvalue weighted by atomic mass is 19.1. The van der Waals surface area contributed by atoms with Gasteiger partial charge in [0, 0.05) is 30.0 Å². The zero-order valence-electron chi connectivity index (χ0n) is 20.3. The number of hydrogen-bond acceptors (Lipinski definition) is 6. The minimum atomic E-state index is -1.39. The Morgan fingerprint density at radius 2 is 1.97 bits per heavy atom. The molecule has 0 spiro atoms. The third-order valence-corrected chi connectivity index (χ3v) is 6.31. The highest BCUT2D eigenvalue weighted by Gasteiger charge is 2.24. The number of nitrogens with zero attached hydrogens (tertiary/aromatic N) is 4. The predicted molar refractivity (Wildman–Crippen MR) is 134 cm³/mol. The van der Waals surface area contributed by atoms with E-state index in [2.05, 4.69) is 32.7 Å². The lowest BCUT2D eigenvalue weighted by atomic mass is 9.97. The molecule has 0 bridgehead atoms. The van der Waals surface area contributed by atoms with Gasteiger partial charge >= 0.3 is 0 Å². The van der Waals surface area contributed by atoms with Gasteiger partial charge in [-0.15, -0.1) is 0 Å². The van der Waals surface area contributed by atoms with E-state index < -0.39 is 11.4 Å². The fourth-order valence-electron chi connectivity index (χ4n) is 4.57. The number of benzene rings is 2. The Hall–Kier alpha value is -3.56. The molecule has 0 saturated heterocycles. The summed E-state index contributed by atoms with van der Waals surface area (Å²) in [6.45, 7) is 8.63. The Balaban J connectivity index is 1.64. The van der Waals surface area contributed by atoms with Crippen LogP contribution < -0.4 is 16.2 Å². The maximum atomic E-state index is 14.5. The van der Waals surface area contributed by atoms with Crippen LogP contribution in [0.25, 0.3) is 16.7 Å². The molecule has 0 amide bonds. The molecular formula is C26H29FN6O2. The molecule has 182 valence electrons. The second-order valence-corrected chi connectivity index (χ2v) is 9.74. The Kier molecular flexibility index (Phi) is 5.69. The summed E-state index contributed by atoms with van der Waals surface area (Å²) < 4.78 is 17.7. The number of aliphatic hydroxyl groups is 1. The highest BCUT2D eigenvalue weighted by molar-refractivity contribution is 5.77. The molecule has 0 fully saturated rings. The number of aromatic nitrogens is 4. The van der Waals surface area contributed by atoms with Crippen molar-refractivity contribution in [1.29, 1.82) is 0 Å². The monoisotopic (exact) mass is 476 g/mol. The summed E-state index contributed by atoms with van der Waals surface area (Å²) in [6.07, 6.45) is 2.51. The standard InChI is InChI=1S/C26H29FN6O2/c1-15(2)32-24(34)20-14-29-25(30-18-6-5-16-9-10-28-13-17(16)11-18)31-23(20)33(32)19-7-8-22(27)21(12-19)26(3,4)35/h5-8,11-12,14-15,28,35H,9-10,13H2,1-4H3,(H,29,30,31). The van der Waals surface area contributed by atoms with Crippen LogP contribution in [0, 0.1) is 5.82 Å². The summed E-state index contributed by atoms with van der Waals surface area (Å²) in [5.41, 5.74) is 2.83. The number of halogens is 1.